The van der Waals surface area contributed by atoms with Gasteiger partial charge in [-0.1, -0.05) is 0 Å². The Kier molecular flexibility index (Phi) is 2.82. The van der Waals surface area contributed by atoms with E-state index in [2.05, 4.69) is 15.1 Å². The molecule has 3 N–H and O–H groups in total. The Morgan fingerprint density at radius 1 is 1.47 bits per heavy atom. The predicted molar refractivity (Wildman–Crippen MR) is 58.2 cm³/mol. The van der Waals surface area contributed by atoms with Gasteiger partial charge in [-0.05, 0) is 13.0 Å². The Morgan fingerprint density at radius 2 is 2.33 bits per heavy atom. The summed E-state index contributed by atoms with van der Waals surface area (Å²) in [4.78, 5) is 7.55. The monoisotopic (exact) mass is 205 g/mol. The summed E-state index contributed by atoms with van der Waals surface area (Å²) < 4.78 is 1.77. The van der Waals surface area contributed by atoms with Crippen molar-refractivity contribution in [3.8, 4) is 11.3 Å². The molecular formula is C10H15N5. The van der Waals surface area contributed by atoms with Crippen LogP contribution >= 0.6 is 0 Å². The van der Waals surface area contributed by atoms with E-state index in [1.807, 2.05) is 25.6 Å². The first-order chi connectivity index (χ1) is 7.29. The molecule has 0 unspecified atom stereocenters. The smallest absolute Gasteiger partial charge is 0.106 e. The first-order valence-electron chi connectivity index (χ1n) is 5.02. The molecule has 80 valence electrons. The number of aryl methyl sites for hydroxylation is 2. The minimum Gasteiger partial charge on any atom is -0.342 e. The zero-order chi connectivity index (χ0) is 10.7. The van der Waals surface area contributed by atoms with Gasteiger partial charge >= 0.3 is 0 Å². The number of aromatic amines is 1. The Hall–Kier alpha value is -1.62. The lowest BCUT2D eigenvalue weighted by molar-refractivity contribution is 0.768. The first-order valence-corrected chi connectivity index (χ1v) is 5.02. The number of aromatic nitrogens is 4. The van der Waals surface area contributed by atoms with Crippen molar-refractivity contribution in [2.75, 3.05) is 6.54 Å². The molecule has 2 aromatic heterocycles. The van der Waals surface area contributed by atoms with Crippen LogP contribution in [0.15, 0.2) is 18.6 Å². The van der Waals surface area contributed by atoms with Crippen LogP contribution in [0.3, 0.4) is 0 Å². The molecule has 0 saturated heterocycles. The Bertz CT molecular complexity index is 428. The van der Waals surface area contributed by atoms with Gasteiger partial charge in [0.25, 0.3) is 0 Å². The van der Waals surface area contributed by atoms with Crippen LogP contribution in [-0.2, 0) is 13.5 Å². The third kappa shape index (κ3) is 2.24. The molecule has 0 aliphatic rings. The van der Waals surface area contributed by atoms with E-state index in [0.717, 1.165) is 29.9 Å². The lowest BCUT2D eigenvalue weighted by atomic mass is 10.3. The molecule has 0 aliphatic carbocycles. The molecule has 15 heavy (non-hydrogen) atoms. The maximum absolute atomic E-state index is 5.44. The van der Waals surface area contributed by atoms with Gasteiger partial charge in [0.15, 0.2) is 0 Å². The fraction of sp³-hybridized carbons (Fsp3) is 0.400. The van der Waals surface area contributed by atoms with E-state index >= 15 is 0 Å². The lowest BCUT2D eigenvalue weighted by Gasteiger charge is -1.93. The van der Waals surface area contributed by atoms with Crippen LogP contribution in [0.1, 0.15) is 12.2 Å². The molecule has 0 atom stereocenters. The number of H-pyrrole nitrogens is 1. The number of nitrogens with two attached hydrogens (primary N) is 1. The molecule has 5 heteroatoms. The third-order valence-electron chi connectivity index (χ3n) is 2.26. The highest BCUT2D eigenvalue weighted by Crippen LogP contribution is 2.15. The van der Waals surface area contributed by atoms with E-state index in [9.17, 15) is 0 Å². The number of hydrogen-bond donors (Lipinski definition) is 2. The molecule has 0 saturated carbocycles. The van der Waals surface area contributed by atoms with Gasteiger partial charge in [0, 0.05) is 25.2 Å². The number of rotatable bonds is 4. The average molecular weight is 205 g/mol. The summed E-state index contributed by atoms with van der Waals surface area (Å²) in [5.41, 5.74) is 7.51. The minimum absolute atomic E-state index is 0.697. The van der Waals surface area contributed by atoms with E-state index in [4.69, 9.17) is 5.73 Å². The van der Waals surface area contributed by atoms with Crippen molar-refractivity contribution in [2.24, 2.45) is 12.8 Å². The zero-order valence-electron chi connectivity index (χ0n) is 8.77. The van der Waals surface area contributed by atoms with Crippen LogP contribution < -0.4 is 5.73 Å². The molecule has 2 heterocycles. The highest BCUT2D eigenvalue weighted by atomic mass is 15.2. The topological polar surface area (TPSA) is 72.5 Å². The predicted octanol–water partition coefficient (Wildman–Crippen LogP) is 0.701. The Balaban J connectivity index is 2.13. The number of nitrogens with one attached hydrogen (secondary N) is 1. The summed E-state index contributed by atoms with van der Waals surface area (Å²) in [7, 11) is 1.90. The summed E-state index contributed by atoms with van der Waals surface area (Å²) in [6.07, 6.45) is 7.47. The molecule has 0 aliphatic heterocycles. The second-order valence-electron chi connectivity index (χ2n) is 3.54. The number of hydrogen-bond acceptors (Lipinski definition) is 3. The van der Waals surface area contributed by atoms with Gasteiger partial charge in [-0.15, -0.1) is 0 Å². The summed E-state index contributed by atoms with van der Waals surface area (Å²) in [6.45, 7) is 0.697. The van der Waals surface area contributed by atoms with Crippen LogP contribution in [0.4, 0.5) is 0 Å². The molecule has 0 spiro atoms. The summed E-state index contributed by atoms with van der Waals surface area (Å²) in [5.74, 6) is 0.985. The minimum atomic E-state index is 0.697. The molecule has 0 bridgehead atoms. The summed E-state index contributed by atoms with van der Waals surface area (Å²) >= 11 is 0. The van der Waals surface area contributed by atoms with Crippen LogP contribution in [0.2, 0.25) is 0 Å². The third-order valence-corrected chi connectivity index (χ3v) is 2.26. The standard InChI is InChI=1S/C10H15N5/c1-15-7-8(5-13-15)9-6-12-10(14-9)3-2-4-11/h5-7H,2-4,11H2,1H3,(H,12,14). The number of imidazole rings is 1. The SMILES string of the molecule is Cn1cc(-c2cnc(CCCN)[nH]2)cn1. The molecule has 0 fully saturated rings. The van der Waals surface area contributed by atoms with Crippen LogP contribution in [0.25, 0.3) is 11.3 Å². The van der Waals surface area contributed by atoms with E-state index in [0.29, 0.717) is 6.54 Å². The van der Waals surface area contributed by atoms with Gasteiger partial charge in [-0.25, -0.2) is 4.98 Å². The highest BCUT2D eigenvalue weighted by Gasteiger charge is 2.04. The second-order valence-corrected chi connectivity index (χ2v) is 3.54. The Morgan fingerprint density at radius 3 is 3.00 bits per heavy atom. The maximum Gasteiger partial charge on any atom is 0.106 e. The van der Waals surface area contributed by atoms with Crippen LogP contribution in [-0.4, -0.2) is 26.3 Å². The Labute approximate surface area is 88.3 Å². The van der Waals surface area contributed by atoms with E-state index < -0.39 is 0 Å². The largest absolute Gasteiger partial charge is 0.342 e. The van der Waals surface area contributed by atoms with Gasteiger partial charge < -0.3 is 10.7 Å². The molecule has 5 nitrogen and oxygen atoms in total. The van der Waals surface area contributed by atoms with Gasteiger partial charge in [-0.3, -0.25) is 4.68 Å². The van der Waals surface area contributed by atoms with Crippen LogP contribution in [0.5, 0.6) is 0 Å². The number of nitrogens with zero attached hydrogens (tertiary/aromatic N) is 3. The van der Waals surface area contributed by atoms with Crippen molar-refractivity contribution in [3.63, 3.8) is 0 Å². The van der Waals surface area contributed by atoms with Gasteiger partial charge in [0.2, 0.25) is 0 Å². The normalized spacial score (nSPS) is 10.8. The second kappa shape index (κ2) is 4.27. The highest BCUT2D eigenvalue weighted by molar-refractivity contribution is 5.55. The van der Waals surface area contributed by atoms with Crippen molar-refractivity contribution < 1.29 is 0 Å². The first kappa shape index (κ1) is 9.92. The van der Waals surface area contributed by atoms with Gasteiger partial charge in [0.05, 0.1) is 18.1 Å². The van der Waals surface area contributed by atoms with E-state index in [1.54, 1.807) is 4.68 Å². The van der Waals surface area contributed by atoms with Gasteiger partial charge in [-0.2, -0.15) is 5.10 Å². The van der Waals surface area contributed by atoms with Crippen molar-refractivity contribution >= 4 is 0 Å². The van der Waals surface area contributed by atoms with Gasteiger partial charge in [0.1, 0.15) is 5.82 Å². The fourth-order valence-electron chi connectivity index (χ4n) is 1.47. The van der Waals surface area contributed by atoms with Crippen molar-refractivity contribution in [1.82, 2.24) is 19.7 Å². The molecule has 2 rings (SSSR count). The molecule has 0 amide bonds. The molecule has 2 aromatic rings. The zero-order valence-corrected chi connectivity index (χ0v) is 8.77. The summed E-state index contributed by atoms with van der Waals surface area (Å²) in [6, 6.07) is 0. The van der Waals surface area contributed by atoms with Crippen molar-refractivity contribution in [1.29, 1.82) is 0 Å². The summed E-state index contributed by atoms with van der Waals surface area (Å²) in [5, 5.41) is 4.11. The average Bonchev–Trinajstić information content (AvgIpc) is 2.83. The molecule has 0 radical (unpaired) electrons. The lowest BCUT2D eigenvalue weighted by Crippen LogP contribution is -2.01. The van der Waals surface area contributed by atoms with E-state index in [1.165, 1.54) is 0 Å². The maximum atomic E-state index is 5.44. The van der Waals surface area contributed by atoms with Crippen LogP contribution in [0, 0.1) is 0 Å². The fourth-order valence-corrected chi connectivity index (χ4v) is 1.47. The van der Waals surface area contributed by atoms with Crippen molar-refractivity contribution in [3.05, 3.63) is 24.4 Å². The van der Waals surface area contributed by atoms with Crippen molar-refractivity contribution in [2.45, 2.75) is 12.8 Å². The molecule has 0 aromatic carbocycles. The quantitative estimate of drug-likeness (QED) is 0.771. The van der Waals surface area contributed by atoms with E-state index in [-0.39, 0.29) is 0 Å². The molecular weight excluding hydrogens is 190 g/mol.